The van der Waals surface area contributed by atoms with Gasteiger partial charge in [0.2, 0.25) is 5.91 Å². The Balaban J connectivity index is 1.41. The van der Waals surface area contributed by atoms with Gasteiger partial charge >= 0.3 is 0 Å². The van der Waals surface area contributed by atoms with Gasteiger partial charge in [-0.25, -0.2) is 0 Å². The molecule has 0 saturated carbocycles. The first-order valence-corrected chi connectivity index (χ1v) is 9.17. The van der Waals surface area contributed by atoms with Crippen LogP contribution in [-0.2, 0) is 4.79 Å². The SMILES string of the molecule is Cc1ccc(C(=O)N2CCC(CCC(=O)Nc3cccnc3)CC2)cc1. The molecule has 0 spiro atoms. The molecule has 0 aliphatic carbocycles. The highest BCUT2D eigenvalue weighted by molar-refractivity contribution is 5.94. The molecule has 1 fully saturated rings. The molecule has 3 rings (SSSR count). The predicted molar refractivity (Wildman–Crippen MR) is 102 cm³/mol. The van der Waals surface area contributed by atoms with Crippen LogP contribution in [0.15, 0.2) is 48.8 Å². The number of nitrogens with one attached hydrogen (secondary N) is 1. The molecule has 1 saturated heterocycles. The summed E-state index contributed by atoms with van der Waals surface area (Å²) in [5.74, 6) is 0.630. The van der Waals surface area contributed by atoms with Crippen molar-refractivity contribution in [3.05, 3.63) is 59.9 Å². The lowest BCUT2D eigenvalue weighted by Gasteiger charge is -2.32. The van der Waals surface area contributed by atoms with Crippen LogP contribution in [-0.4, -0.2) is 34.8 Å². The third-order valence-electron chi connectivity index (χ3n) is 4.93. The largest absolute Gasteiger partial charge is 0.339 e. The maximum Gasteiger partial charge on any atom is 0.253 e. The first-order valence-electron chi connectivity index (χ1n) is 9.17. The highest BCUT2D eigenvalue weighted by Crippen LogP contribution is 2.23. The molecule has 0 unspecified atom stereocenters. The van der Waals surface area contributed by atoms with Crippen LogP contribution in [0.2, 0.25) is 0 Å². The molecule has 1 aliphatic heterocycles. The maximum atomic E-state index is 12.5. The molecule has 1 aromatic heterocycles. The second-order valence-electron chi connectivity index (χ2n) is 6.93. The van der Waals surface area contributed by atoms with E-state index in [-0.39, 0.29) is 11.8 Å². The molecule has 0 radical (unpaired) electrons. The molecule has 0 atom stereocenters. The van der Waals surface area contributed by atoms with Crippen LogP contribution in [0.1, 0.15) is 41.6 Å². The Bertz CT molecular complexity index is 736. The van der Waals surface area contributed by atoms with Crippen LogP contribution < -0.4 is 5.32 Å². The number of hydrogen-bond acceptors (Lipinski definition) is 3. The monoisotopic (exact) mass is 351 g/mol. The summed E-state index contributed by atoms with van der Waals surface area (Å²) in [5.41, 5.74) is 2.64. The standard InChI is InChI=1S/C21H25N3O2/c1-16-4-7-18(8-5-16)21(26)24-13-10-17(11-14-24)6-9-20(25)23-19-3-2-12-22-15-19/h2-5,7-8,12,15,17H,6,9-11,13-14H2,1H3,(H,23,25). The molecule has 2 amide bonds. The van der Waals surface area contributed by atoms with Crippen molar-refractivity contribution in [2.75, 3.05) is 18.4 Å². The van der Waals surface area contributed by atoms with Gasteiger partial charge in [-0.05, 0) is 56.4 Å². The molecule has 26 heavy (non-hydrogen) atoms. The summed E-state index contributed by atoms with van der Waals surface area (Å²) in [5, 5.41) is 2.87. The zero-order valence-electron chi connectivity index (χ0n) is 15.1. The number of hydrogen-bond donors (Lipinski definition) is 1. The van der Waals surface area contributed by atoms with E-state index in [1.807, 2.05) is 42.2 Å². The highest BCUT2D eigenvalue weighted by atomic mass is 16.2. The van der Waals surface area contributed by atoms with E-state index in [0.717, 1.165) is 49.2 Å². The van der Waals surface area contributed by atoms with Crippen molar-refractivity contribution in [3.63, 3.8) is 0 Å². The lowest BCUT2D eigenvalue weighted by molar-refractivity contribution is -0.116. The second kappa shape index (κ2) is 8.61. The van der Waals surface area contributed by atoms with Crippen LogP contribution in [0.5, 0.6) is 0 Å². The number of pyridine rings is 1. The van der Waals surface area contributed by atoms with Crippen molar-refractivity contribution in [2.45, 2.75) is 32.6 Å². The Labute approximate surface area is 154 Å². The van der Waals surface area contributed by atoms with Crippen molar-refractivity contribution >= 4 is 17.5 Å². The van der Waals surface area contributed by atoms with Gasteiger partial charge in [-0.2, -0.15) is 0 Å². The third kappa shape index (κ3) is 4.91. The maximum absolute atomic E-state index is 12.5. The Morgan fingerprint density at radius 3 is 2.54 bits per heavy atom. The van der Waals surface area contributed by atoms with Crippen LogP contribution >= 0.6 is 0 Å². The van der Waals surface area contributed by atoms with Gasteiger partial charge < -0.3 is 10.2 Å². The highest BCUT2D eigenvalue weighted by Gasteiger charge is 2.24. The summed E-state index contributed by atoms with van der Waals surface area (Å²) in [7, 11) is 0. The Kier molecular flexibility index (Phi) is 6.00. The van der Waals surface area contributed by atoms with Gasteiger partial charge in [-0.3, -0.25) is 14.6 Å². The van der Waals surface area contributed by atoms with E-state index in [2.05, 4.69) is 10.3 Å². The zero-order valence-corrected chi connectivity index (χ0v) is 15.1. The molecule has 2 heterocycles. The minimum atomic E-state index is 0.0242. The van der Waals surface area contributed by atoms with E-state index in [4.69, 9.17) is 0 Å². The minimum Gasteiger partial charge on any atom is -0.339 e. The number of likely N-dealkylation sites (tertiary alicyclic amines) is 1. The van der Waals surface area contributed by atoms with E-state index in [9.17, 15) is 9.59 Å². The van der Waals surface area contributed by atoms with Crippen molar-refractivity contribution in [3.8, 4) is 0 Å². The molecular weight excluding hydrogens is 326 g/mol. The van der Waals surface area contributed by atoms with Gasteiger partial charge in [0.1, 0.15) is 0 Å². The minimum absolute atomic E-state index is 0.0242. The van der Waals surface area contributed by atoms with Crippen molar-refractivity contribution in [1.29, 1.82) is 0 Å². The summed E-state index contributed by atoms with van der Waals surface area (Å²) in [6.07, 6.45) is 6.61. The number of amides is 2. The number of nitrogens with zero attached hydrogens (tertiary/aromatic N) is 2. The smallest absolute Gasteiger partial charge is 0.253 e. The number of rotatable bonds is 5. The molecule has 1 aliphatic rings. The molecule has 5 heteroatoms. The van der Waals surface area contributed by atoms with Crippen LogP contribution in [0, 0.1) is 12.8 Å². The van der Waals surface area contributed by atoms with Gasteiger partial charge in [-0.15, -0.1) is 0 Å². The number of aromatic nitrogens is 1. The Morgan fingerprint density at radius 1 is 1.15 bits per heavy atom. The van der Waals surface area contributed by atoms with E-state index < -0.39 is 0 Å². The molecule has 0 bridgehead atoms. The number of piperidine rings is 1. The van der Waals surface area contributed by atoms with Crippen molar-refractivity contribution < 1.29 is 9.59 Å². The van der Waals surface area contributed by atoms with E-state index in [1.165, 1.54) is 0 Å². The predicted octanol–water partition coefficient (Wildman–Crippen LogP) is 3.66. The molecule has 136 valence electrons. The fourth-order valence-electron chi connectivity index (χ4n) is 3.30. The van der Waals surface area contributed by atoms with Gasteiger partial charge in [-0.1, -0.05) is 17.7 Å². The first-order chi connectivity index (χ1) is 12.6. The molecular formula is C21H25N3O2. The molecule has 2 aromatic rings. The summed E-state index contributed by atoms with van der Waals surface area (Å²) in [6, 6.07) is 11.4. The van der Waals surface area contributed by atoms with Gasteiger partial charge in [0.25, 0.3) is 5.91 Å². The van der Waals surface area contributed by atoms with Crippen molar-refractivity contribution in [1.82, 2.24) is 9.88 Å². The number of aryl methyl sites for hydroxylation is 1. The molecule has 1 N–H and O–H groups in total. The third-order valence-corrected chi connectivity index (χ3v) is 4.93. The fourth-order valence-corrected chi connectivity index (χ4v) is 3.30. The Hall–Kier alpha value is -2.69. The summed E-state index contributed by atoms with van der Waals surface area (Å²) in [6.45, 7) is 3.55. The summed E-state index contributed by atoms with van der Waals surface area (Å²) < 4.78 is 0. The summed E-state index contributed by atoms with van der Waals surface area (Å²) in [4.78, 5) is 30.5. The number of benzene rings is 1. The quantitative estimate of drug-likeness (QED) is 0.894. The van der Waals surface area contributed by atoms with Gasteiger partial charge in [0.15, 0.2) is 0 Å². The lowest BCUT2D eigenvalue weighted by atomic mass is 9.91. The normalized spacial score (nSPS) is 14.9. The average molecular weight is 351 g/mol. The van der Waals surface area contributed by atoms with Gasteiger partial charge in [0, 0.05) is 31.3 Å². The summed E-state index contributed by atoms with van der Waals surface area (Å²) >= 11 is 0. The zero-order chi connectivity index (χ0) is 18.4. The Morgan fingerprint density at radius 2 is 1.88 bits per heavy atom. The van der Waals surface area contributed by atoms with E-state index in [1.54, 1.807) is 18.5 Å². The lowest BCUT2D eigenvalue weighted by Crippen LogP contribution is -2.38. The fraction of sp³-hybridized carbons (Fsp3) is 0.381. The van der Waals surface area contributed by atoms with E-state index >= 15 is 0 Å². The average Bonchev–Trinajstić information content (AvgIpc) is 2.68. The molecule has 5 nitrogen and oxygen atoms in total. The van der Waals surface area contributed by atoms with Gasteiger partial charge in [0.05, 0.1) is 11.9 Å². The van der Waals surface area contributed by atoms with Crippen molar-refractivity contribution in [2.24, 2.45) is 5.92 Å². The van der Waals surface area contributed by atoms with Crippen LogP contribution in [0.4, 0.5) is 5.69 Å². The number of carbonyl (C=O) groups excluding carboxylic acids is 2. The number of carbonyl (C=O) groups is 2. The topological polar surface area (TPSA) is 62.3 Å². The second-order valence-corrected chi connectivity index (χ2v) is 6.93. The van der Waals surface area contributed by atoms with Crippen LogP contribution in [0.25, 0.3) is 0 Å². The number of anilines is 1. The van der Waals surface area contributed by atoms with Crippen LogP contribution in [0.3, 0.4) is 0 Å². The first kappa shape index (κ1) is 18.1. The molecule has 1 aromatic carbocycles. The van der Waals surface area contributed by atoms with E-state index in [0.29, 0.717) is 12.3 Å².